The molecule has 21 heavy (non-hydrogen) atoms. The van der Waals surface area contributed by atoms with Gasteiger partial charge in [0.1, 0.15) is 5.69 Å². The van der Waals surface area contributed by atoms with Crippen molar-refractivity contribution in [2.24, 2.45) is 0 Å². The molecule has 0 unspecified atom stereocenters. The molecule has 0 spiro atoms. The van der Waals surface area contributed by atoms with Gasteiger partial charge >= 0.3 is 5.97 Å². The van der Waals surface area contributed by atoms with Crippen LogP contribution in [-0.4, -0.2) is 29.2 Å². The van der Waals surface area contributed by atoms with Crippen LogP contribution in [0.1, 0.15) is 26.4 Å². The number of carbonyl (C=O) groups is 2. The number of ether oxygens (including phenoxy) is 1. The standard InChI is InChI=1S/C14H13N3O4/c1-21-14(20)10-4-2-9(3-5-10)8-15-13(19)11-6-7-12(18)17-16-11/h2-7H,8H2,1H3,(H,15,19)(H,17,18). The number of esters is 1. The second-order valence-corrected chi connectivity index (χ2v) is 4.18. The summed E-state index contributed by atoms with van der Waals surface area (Å²) in [6.45, 7) is 0.279. The minimum atomic E-state index is -0.414. The van der Waals surface area contributed by atoms with E-state index in [0.29, 0.717) is 5.56 Å². The zero-order valence-electron chi connectivity index (χ0n) is 11.3. The molecule has 0 aliphatic heterocycles. The van der Waals surface area contributed by atoms with Gasteiger partial charge in [0.05, 0.1) is 12.7 Å². The van der Waals surface area contributed by atoms with E-state index in [-0.39, 0.29) is 17.8 Å². The van der Waals surface area contributed by atoms with Gasteiger partial charge in [0.2, 0.25) is 0 Å². The van der Waals surface area contributed by atoms with Crippen molar-refractivity contribution >= 4 is 11.9 Å². The van der Waals surface area contributed by atoms with Gasteiger partial charge < -0.3 is 10.1 Å². The van der Waals surface area contributed by atoms with Gasteiger partial charge in [0.25, 0.3) is 11.5 Å². The predicted molar refractivity (Wildman–Crippen MR) is 73.8 cm³/mol. The van der Waals surface area contributed by atoms with Gasteiger partial charge in [-0.05, 0) is 23.8 Å². The monoisotopic (exact) mass is 287 g/mol. The van der Waals surface area contributed by atoms with Crippen LogP contribution >= 0.6 is 0 Å². The number of rotatable bonds is 4. The third-order valence-corrected chi connectivity index (χ3v) is 2.74. The molecule has 1 amide bonds. The van der Waals surface area contributed by atoms with E-state index in [4.69, 9.17) is 0 Å². The molecule has 0 bridgehead atoms. The van der Waals surface area contributed by atoms with E-state index in [1.165, 1.54) is 19.2 Å². The Hall–Kier alpha value is -2.96. The molecule has 108 valence electrons. The summed E-state index contributed by atoms with van der Waals surface area (Å²) >= 11 is 0. The lowest BCUT2D eigenvalue weighted by Crippen LogP contribution is -2.25. The minimum absolute atomic E-state index is 0.126. The van der Waals surface area contributed by atoms with Crippen molar-refractivity contribution in [3.8, 4) is 0 Å². The van der Waals surface area contributed by atoms with Crippen molar-refractivity contribution in [1.29, 1.82) is 0 Å². The van der Waals surface area contributed by atoms with Gasteiger partial charge in [-0.2, -0.15) is 5.10 Å². The number of hydrogen-bond donors (Lipinski definition) is 2. The number of nitrogens with zero attached hydrogens (tertiary/aromatic N) is 1. The first-order valence-corrected chi connectivity index (χ1v) is 6.11. The van der Waals surface area contributed by atoms with E-state index in [9.17, 15) is 14.4 Å². The highest BCUT2D eigenvalue weighted by Crippen LogP contribution is 2.05. The van der Waals surface area contributed by atoms with Gasteiger partial charge in [-0.25, -0.2) is 9.89 Å². The lowest BCUT2D eigenvalue weighted by atomic mass is 10.1. The molecule has 0 atom stereocenters. The number of aromatic amines is 1. The van der Waals surface area contributed by atoms with E-state index in [2.05, 4.69) is 20.3 Å². The zero-order chi connectivity index (χ0) is 15.2. The Morgan fingerprint density at radius 3 is 2.48 bits per heavy atom. The number of hydrogen-bond acceptors (Lipinski definition) is 5. The summed E-state index contributed by atoms with van der Waals surface area (Å²) in [5.41, 5.74) is 1.01. The molecule has 1 heterocycles. The molecule has 2 aromatic rings. The van der Waals surface area contributed by atoms with E-state index in [0.717, 1.165) is 5.56 Å². The van der Waals surface area contributed by atoms with Crippen LogP contribution in [0.2, 0.25) is 0 Å². The van der Waals surface area contributed by atoms with Gasteiger partial charge in [-0.1, -0.05) is 12.1 Å². The fraction of sp³-hybridized carbons (Fsp3) is 0.143. The highest BCUT2D eigenvalue weighted by atomic mass is 16.5. The Morgan fingerprint density at radius 2 is 1.90 bits per heavy atom. The van der Waals surface area contributed by atoms with Gasteiger partial charge in [-0.3, -0.25) is 9.59 Å². The van der Waals surface area contributed by atoms with Crippen LogP contribution in [0.25, 0.3) is 0 Å². The minimum Gasteiger partial charge on any atom is -0.465 e. The Morgan fingerprint density at radius 1 is 1.19 bits per heavy atom. The van der Waals surface area contributed by atoms with E-state index < -0.39 is 11.9 Å². The van der Waals surface area contributed by atoms with Crippen molar-refractivity contribution < 1.29 is 14.3 Å². The van der Waals surface area contributed by atoms with Gasteiger partial charge in [0, 0.05) is 12.6 Å². The van der Waals surface area contributed by atoms with Crippen molar-refractivity contribution in [1.82, 2.24) is 15.5 Å². The van der Waals surface area contributed by atoms with E-state index >= 15 is 0 Å². The molecule has 7 heteroatoms. The van der Waals surface area contributed by atoms with Crippen LogP contribution in [0.4, 0.5) is 0 Å². The maximum atomic E-state index is 11.8. The first-order chi connectivity index (χ1) is 10.1. The number of amides is 1. The first kappa shape index (κ1) is 14.4. The molecule has 2 N–H and O–H groups in total. The third-order valence-electron chi connectivity index (χ3n) is 2.74. The number of nitrogens with one attached hydrogen (secondary N) is 2. The second kappa shape index (κ2) is 6.47. The fourth-order valence-corrected chi connectivity index (χ4v) is 1.62. The molecule has 0 aliphatic rings. The smallest absolute Gasteiger partial charge is 0.337 e. The summed E-state index contributed by atoms with van der Waals surface area (Å²) < 4.78 is 4.60. The van der Waals surface area contributed by atoms with Gasteiger partial charge in [0.15, 0.2) is 0 Å². The molecule has 0 saturated carbocycles. The summed E-state index contributed by atoms with van der Waals surface area (Å²) in [6, 6.07) is 9.23. The van der Waals surface area contributed by atoms with Crippen LogP contribution in [0.5, 0.6) is 0 Å². The molecule has 0 aliphatic carbocycles. The average molecular weight is 287 g/mol. The van der Waals surface area contributed by atoms with Crippen LogP contribution in [-0.2, 0) is 11.3 Å². The van der Waals surface area contributed by atoms with Crippen LogP contribution in [0.3, 0.4) is 0 Å². The number of aromatic nitrogens is 2. The van der Waals surface area contributed by atoms with E-state index in [1.54, 1.807) is 24.3 Å². The second-order valence-electron chi connectivity index (χ2n) is 4.18. The summed E-state index contributed by atoms with van der Waals surface area (Å²) in [7, 11) is 1.31. The van der Waals surface area contributed by atoms with Crippen LogP contribution in [0.15, 0.2) is 41.2 Å². The normalized spacial score (nSPS) is 9.95. The molecular formula is C14H13N3O4. The molecule has 2 rings (SSSR count). The fourth-order valence-electron chi connectivity index (χ4n) is 1.62. The molecule has 0 fully saturated rings. The van der Waals surface area contributed by atoms with Crippen molar-refractivity contribution in [3.63, 3.8) is 0 Å². The Kier molecular flexibility index (Phi) is 4.45. The summed E-state index contributed by atoms with van der Waals surface area (Å²) in [5.74, 6) is -0.814. The average Bonchev–Trinajstić information content (AvgIpc) is 2.53. The van der Waals surface area contributed by atoms with Crippen molar-refractivity contribution in [3.05, 3.63) is 63.6 Å². The van der Waals surface area contributed by atoms with Crippen molar-refractivity contribution in [2.75, 3.05) is 7.11 Å². The zero-order valence-corrected chi connectivity index (χ0v) is 11.3. The molecule has 0 saturated heterocycles. The summed E-state index contributed by atoms with van der Waals surface area (Å²) in [6.07, 6.45) is 0. The number of benzene rings is 1. The lowest BCUT2D eigenvalue weighted by molar-refractivity contribution is 0.0600. The highest BCUT2D eigenvalue weighted by Gasteiger charge is 2.08. The van der Waals surface area contributed by atoms with E-state index in [1.807, 2.05) is 0 Å². The third kappa shape index (κ3) is 3.75. The van der Waals surface area contributed by atoms with Crippen LogP contribution < -0.4 is 10.9 Å². The Labute approximate surface area is 120 Å². The SMILES string of the molecule is COC(=O)c1ccc(CNC(=O)c2ccc(=O)[nH]n2)cc1. The topological polar surface area (TPSA) is 101 Å². The molecular weight excluding hydrogens is 274 g/mol. The molecule has 7 nitrogen and oxygen atoms in total. The van der Waals surface area contributed by atoms with Crippen molar-refractivity contribution in [2.45, 2.75) is 6.54 Å². The highest BCUT2D eigenvalue weighted by molar-refractivity contribution is 5.92. The molecule has 1 aromatic carbocycles. The Bertz CT molecular complexity index is 686. The first-order valence-electron chi connectivity index (χ1n) is 6.11. The molecule has 0 radical (unpaired) electrons. The lowest BCUT2D eigenvalue weighted by Gasteiger charge is -2.05. The maximum Gasteiger partial charge on any atom is 0.337 e. The van der Waals surface area contributed by atoms with Crippen LogP contribution in [0, 0.1) is 0 Å². The largest absolute Gasteiger partial charge is 0.465 e. The predicted octanol–water partition coefficient (Wildman–Crippen LogP) is 0.486. The summed E-state index contributed by atoms with van der Waals surface area (Å²) in [4.78, 5) is 33.9. The number of carbonyl (C=O) groups excluding carboxylic acids is 2. The quantitative estimate of drug-likeness (QED) is 0.797. The maximum absolute atomic E-state index is 11.8. The summed E-state index contributed by atoms with van der Waals surface area (Å²) in [5, 5.41) is 8.47. The number of methoxy groups -OCH3 is 1. The Balaban J connectivity index is 1.96. The van der Waals surface area contributed by atoms with Gasteiger partial charge in [-0.15, -0.1) is 0 Å². The molecule has 1 aromatic heterocycles. The number of H-pyrrole nitrogens is 1.